The molecule has 6 nitrogen and oxygen atoms in total. The van der Waals surface area contributed by atoms with Gasteiger partial charge in [-0.3, -0.25) is 14.2 Å². The molecule has 1 aliphatic heterocycles. The zero-order valence-electron chi connectivity index (χ0n) is 11.5. The number of carbonyl (C=O) groups is 2. The van der Waals surface area contributed by atoms with E-state index in [0.29, 0.717) is 12.0 Å². The molecule has 0 saturated heterocycles. The van der Waals surface area contributed by atoms with Gasteiger partial charge in [-0.25, -0.2) is 10.4 Å². The number of nitrogens with one attached hydrogen (secondary N) is 1. The molecule has 0 spiro atoms. The second-order valence-electron chi connectivity index (χ2n) is 4.99. The number of imidazole rings is 1. The molecule has 0 radical (unpaired) electrons. The topological polar surface area (TPSA) is 76.3 Å². The summed E-state index contributed by atoms with van der Waals surface area (Å²) in [6.07, 6.45) is 5.07. The van der Waals surface area contributed by atoms with E-state index in [0.717, 1.165) is 11.3 Å². The van der Waals surface area contributed by atoms with Crippen molar-refractivity contribution in [2.45, 2.75) is 13.3 Å². The first-order valence-corrected chi connectivity index (χ1v) is 6.64. The Kier molecular flexibility index (Phi) is 3.35. The number of carbonyl (C=O) groups excluding carboxylic acids is 2. The number of nitrogens with zero attached hydrogens (tertiary/aromatic N) is 3. The average Bonchev–Trinajstić information content (AvgIpc) is 3.01. The predicted octanol–water partition coefficient (Wildman–Crippen LogP) is 1.43. The number of benzene rings is 1. The molecular weight excluding hydrogens is 268 g/mol. The number of aromatic nitrogens is 2. The minimum absolute atomic E-state index is 0.0638. The van der Waals surface area contributed by atoms with Gasteiger partial charge in [0.25, 0.3) is 5.91 Å². The highest BCUT2D eigenvalue weighted by Crippen LogP contribution is 2.17. The third kappa shape index (κ3) is 2.60. The molecule has 3 rings (SSSR count). The van der Waals surface area contributed by atoms with Crippen LogP contribution < -0.4 is 5.43 Å². The zero-order valence-corrected chi connectivity index (χ0v) is 11.5. The lowest BCUT2D eigenvalue weighted by Crippen LogP contribution is -2.31. The molecule has 1 unspecified atom stereocenters. The maximum atomic E-state index is 12.1. The largest absolute Gasteiger partial charge is 0.273 e. The third-order valence-corrected chi connectivity index (χ3v) is 3.43. The smallest absolute Gasteiger partial charge is 0.263 e. The van der Waals surface area contributed by atoms with Crippen molar-refractivity contribution in [3.8, 4) is 0 Å². The van der Waals surface area contributed by atoms with Crippen molar-refractivity contribution in [1.29, 1.82) is 0 Å². The summed E-state index contributed by atoms with van der Waals surface area (Å²) in [5, 5.41) is 4.10. The predicted molar refractivity (Wildman–Crippen MR) is 76.9 cm³/mol. The van der Waals surface area contributed by atoms with Crippen LogP contribution in [-0.2, 0) is 4.79 Å². The van der Waals surface area contributed by atoms with Crippen LogP contribution in [0.2, 0.25) is 0 Å². The molecular formula is C15H14N4O2. The summed E-state index contributed by atoms with van der Waals surface area (Å²) in [6.45, 7) is 1.96. The fourth-order valence-electron chi connectivity index (χ4n) is 2.31. The molecule has 0 fully saturated rings. The lowest BCUT2D eigenvalue weighted by Gasteiger charge is -2.19. The van der Waals surface area contributed by atoms with Crippen LogP contribution in [0.4, 0.5) is 0 Å². The molecule has 1 N–H and O–H groups in total. The summed E-state index contributed by atoms with van der Waals surface area (Å²) in [7, 11) is 0. The highest BCUT2D eigenvalue weighted by atomic mass is 16.2. The van der Waals surface area contributed by atoms with Gasteiger partial charge in [0.15, 0.2) is 0 Å². The molecule has 106 valence electrons. The summed E-state index contributed by atoms with van der Waals surface area (Å²) < 4.78 is 1.43. The van der Waals surface area contributed by atoms with Crippen molar-refractivity contribution < 1.29 is 9.59 Å². The van der Waals surface area contributed by atoms with Gasteiger partial charge in [0.05, 0.1) is 5.71 Å². The fourth-order valence-corrected chi connectivity index (χ4v) is 2.31. The van der Waals surface area contributed by atoms with Crippen LogP contribution in [-0.4, -0.2) is 27.1 Å². The van der Waals surface area contributed by atoms with Crippen LogP contribution >= 0.6 is 0 Å². The molecule has 2 heterocycles. The van der Waals surface area contributed by atoms with Gasteiger partial charge in [-0.05, 0) is 17.7 Å². The van der Waals surface area contributed by atoms with Crippen LogP contribution in [0.5, 0.6) is 0 Å². The lowest BCUT2D eigenvalue weighted by atomic mass is 9.93. The average molecular weight is 282 g/mol. The molecule has 2 aromatic rings. The van der Waals surface area contributed by atoms with E-state index in [1.165, 1.54) is 10.9 Å². The monoisotopic (exact) mass is 282 g/mol. The van der Waals surface area contributed by atoms with Gasteiger partial charge >= 0.3 is 0 Å². The normalized spacial score (nSPS) is 18.0. The minimum Gasteiger partial charge on any atom is -0.273 e. The Labute approximate surface area is 121 Å². The van der Waals surface area contributed by atoms with Gasteiger partial charge in [0.1, 0.15) is 6.33 Å². The van der Waals surface area contributed by atoms with Crippen molar-refractivity contribution >= 4 is 17.5 Å². The van der Waals surface area contributed by atoms with Crippen LogP contribution in [0.1, 0.15) is 29.3 Å². The first-order chi connectivity index (χ1) is 10.1. The Morgan fingerprint density at radius 3 is 2.71 bits per heavy atom. The minimum atomic E-state index is -0.133. The van der Waals surface area contributed by atoms with Crippen LogP contribution in [0.15, 0.2) is 48.1 Å². The molecule has 21 heavy (non-hydrogen) atoms. The van der Waals surface area contributed by atoms with E-state index in [2.05, 4.69) is 15.5 Å². The summed E-state index contributed by atoms with van der Waals surface area (Å²) >= 11 is 0. The van der Waals surface area contributed by atoms with Crippen molar-refractivity contribution in [2.75, 3.05) is 0 Å². The summed E-state index contributed by atoms with van der Waals surface area (Å²) in [4.78, 5) is 27.3. The Bertz CT molecular complexity index is 702. The molecule has 1 atom stereocenters. The highest BCUT2D eigenvalue weighted by molar-refractivity contribution is 6.06. The molecule has 1 aromatic heterocycles. The third-order valence-electron chi connectivity index (χ3n) is 3.43. The van der Waals surface area contributed by atoms with E-state index >= 15 is 0 Å². The highest BCUT2D eigenvalue weighted by Gasteiger charge is 2.21. The lowest BCUT2D eigenvalue weighted by molar-refractivity contribution is -0.121. The van der Waals surface area contributed by atoms with Gasteiger partial charge in [-0.1, -0.05) is 19.1 Å². The van der Waals surface area contributed by atoms with E-state index < -0.39 is 0 Å². The molecule has 6 heteroatoms. The molecule has 1 aromatic carbocycles. The molecule has 1 aliphatic rings. The zero-order chi connectivity index (χ0) is 14.8. The van der Waals surface area contributed by atoms with Crippen molar-refractivity contribution in [3.05, 3.63) is 54.1 Å². The standard InChI is InChI=1S/C15H14N4O2/c1-10-8-13(20)17-18-14(10)11-2-4-12(5-3-11)15(21)19-7-6-16-9-19/h2-7,9-10H,8H2,1H3,(H,17,20). The Morgan fingerprint density at radius 1 is 1.33 bits per heavy atom. The Hall–Kier alpha value is -2.76. The summed E-state index contributed by atoms with van der Waals surface area (Å²) in [5.74, 6) is -0.141. The Morgan fingerprint density at radius 2 is 2.10 bits per heavy atom. The van der Waals surface area contributed by atoms with Crippen LogP contribution in [0, 0.1) is 5.92 Å². The van der Waals surface area contributed by atoms with E-state index in [1.54, 1.807) is 24.5 Å². The van der Waals surface area contributed by atoms with Crippen LogP contribution in [0.25, 0.3) is 0 Å². The van der Waals surface area contributed by atoms with Gasteiger partial charge in [-0.2, -0.15) is 5.10 Å². The van der Waals surface area contributed by atoms with E-state index in [-0.39, 0.29) is 17.7 Å². The second kappa shape index (κ2) is 5.32. The first kappa shape index (κ1) is 13.2. The molecule has 0 bridgehead atoms. The van der Waals surface area contributed by atoms with E-state index in [9.17, 15) is 9.59 Å². The summed E-state index contributed by atoms with van der Waals surface area (Å²) in [6, 6.07) is 7.20. The molecule has 0 saturated carbocycles. The number of hydrogen-bond donors (Lipinski definition) is 1. The van der Waals surface area contributed by atoms with Gasteiger partial charge < -0.3 is 0 Å². The maximum Gasteiger partial charge on any atom is 0.263 e. The van der Waals surface area contributed by atoms with Crippen molar-refractivity contribution in [1.82, 2.24) is 15.0 Å². The maximum absolute atomic E-state index is 12.1. The van der Waals surface area contributed by atoms with E-state index in [4.69, 9.17) is 0 Å². The summed E-state index contributed by atoms with van der Waals surface area (Å²) in [5.41, 5.74) is 4.80. The molecule has 1 amide bonds. The van der Waals surface area contributed by atoms with Crippen molar-refractivity contribution in [2.24, 2.45) is 11.0 Å². The van der Waals surface area contributed by atoms with Gasteiger partial charge in [-0.15, -0.1) is 0 Å². The SMILES string of the molecule is CC1CC(=O)NN=C1c1ccc(C(=O)n2ccnc2)cc1. The molecule has 0 aliphatic carbocycles. The van der Waals surface area contributed by atoms with Gasteiger partial charge in [0, 0.05) is 30.3 Å². The number of rotatable bonds is 2. The number of hydrazone groups is 1. The second-order valence-corrected chi connectivity index (χ2v) is 4.99. The number of hydrogen-bond acceptors (Lipinski definition) is 4. The van der Waals surface area contributed by atoms with Crippen molar-refractivity contribution in [3.63, 3.8) is 0 Å². The van der Waals surface area contributed by atoms with Gasteiger partial charge in [0.2, 0.25) is 5.91 Å². The quantitative estimate of drug-likeness (QED) is 0.905. The number of amides is 1. The fraction of sp³-hybridized carbons (Fsp3) is 0.200. The van der Waals surface area contributed by atoms with Crippen LogP contribution in [0.3, 0.4) is 0 Å². The first-order valence-electron chi connectivity index (χ1n) is 6.64. The Balaban J connectivity index is 1.85. The van der Waals surface area contributed by atoms with E-state index in [1.807, 2.05) is 19.1 Å².